The van der Waals surface area contributed by atoms with Crippen LogP contribution in [0.25, 0.3) is 0 Å². The Hall–Kier alpha value is -1.56. The zero-order valence-electron chi connectivity index (χ0n) is 13.8. The maximum Gasteiger partial charge on any atom is 0.349 e. The molecule has 0 fully saturated rings. The number of halogens is 1. The first kappa shape index (κ1) is 20.7. The molecule has 0 aliphatic heterocycles. The van der Waals surface area contributed by atoms with E-state index in [1.165, 1.54) is 44.7 Å². The van der Waals surface area contributed by atoms with Crippen molar-refractivity contribution < 1.29 is 22.0 Å². The Morgan fingerprint density at radius 3 is 2.38 bits per heavy atom. The van der Waals surface area contributed by atoms with Gasteiger partial charge in [0.15, 0.2) is 0 Å². The molecule has 26 heavy (non-hydrogen) atoms. The average Bonchev–Trinajstić information content (AvgIpc) is 2.61. The fourth-order valence-corrected chi connectivity index (χ4v) is 3.38. The SMILES string of the molecule is COP(=O)(CNc1nc(Nc2ccc(S(N)(=O)=O)cc2)ncc1Br)OC. The lowest BCUT2D eigenvalue weighted by molar-refractivity contribution is 0.277. The van der Waals surface area contributed by atoms with Gasteiger partial charge in [-0.3, -0.25) is 4.57 Å². The Balaban J connectivity index is 2.15. The highest BCUT2D eigenvalue weighted by Gasteiger charge is 2.21. The zero-order chi connectivity index (χ0) is 19.4. The van der Waals surface area contributed by atoms with Gasteiger partial charge in [-0.15, -0.1) is 0 Å². The van der Waals surface area contributed by atoms with Gasteiger partial charge in [0, 0.05) is 26.1 Å². The topological polar surface area (TPSA) is 146 Å². The summed E-state index contributed by atoms with van der Waals surface area (Å²) in [5.74, 6) is 0.613. The molecule has 0 saturated carbocycles. The number of hydrogen-bond acceptors (Lipinski definition) is 9. The van der Waals surface area contributed by atoms with Crippen LogP contribution in [0.4, 0.5) is 17.5 Å². The number of benzene rings is 1. The van der Waals surface area contributed by atoms with E-state index in [4.69, 9.17) is 14.2 Å². The molecule has 0 atom stereocenters. The van der Waals surface area contributed by atoms with E-state index in [0.717, 1.165) is 0 Å². The molecule has 4 N–H and O–H groups in total. The van der Waals surface area contributed by atoms with Gasteiger partial charge in [-0.1, -0.05) is 0 Å². The summed E-state index contributed by atoms with van der Waals surface area (Å²) in [6, 6.07) is 5.79. The molecule has 13 heteroatoms. The fraction of sp³-hybridized carbons (Fsp3) is 0.231. The lowest BCUT2D eigenvalue weighted by Gasteiger charge is -2.15. The first-order valence-electron chi connectivity index (χ1n) is 7.04. The lowest BCUT2D eigenvalue weighted by Crippen LogP contribution is -2.12. The van der Waals surface area contributed by atoms with Crippen LogP contribution >= 0.6 is 23.5 Å². The Morgan fingerprint density at radius 1 is 1.23 bits per heavy atom. The molecule has 1 aromatic heterocycles. The number of hydrogen-bond donors (Lipinski definition) is 3. The standard InChI is InChI=1S/C13H17BrN5O5PS/c1-23-25(20,24-2)8-17-12-11(14)7-16-13(19-12)18-9-3-5-10(6-4-9)26(15,21)22/h3-7H,8H2,1-2H3,(H2,15,21,22)(H2,16,17,18,19). The third-order valence-electron chi connectivity index (χ3n) is 3.18. The van der Waals surface area contributed by atoms with Gasteiger partial charge in [0.05, 0.1) is 9.37 Å². The Kier molecular flexibility index (Phi) is 6.72. The molecule has 2 rings (SSSR count). The number of nitrogens with one attached hydrogen (secondary N) is 2. The van der Waals surface area contributed by atoms with Crippen molar-refractivity contribution in [2.45, 2.75) is 4.90 Å². The minimum absolute atomic E-state index is 0.00276. The largest absolute Gasteiger partial charge is 0.358 e. The summed E-state index contributed by atoms with van der Waals surface area (Å²) in [7, 11) is -4.43. The monoisotopic (exact) mass is 465 g/mol. The molecule has 0 bridgehead atoms. The van der Waals surface area contributed by atoms with Crippen LogP contribution in [0.5, 0.6) is 0 Å². The minimum Gasteiger partial charge on any atom is -0.358 e. The smallest absolute Gasteiger partial charge is 0.349 e. The van der Waals surface area contributed by atoms with Crippen molar-refractivity contribution in [3.63, 3.8) is 0 Å². The van der Waals surface area contributed by atoms with Crippen LogP contribution in [0.15, 0.2) is 39.8 Å². The molecular weight excluding hydrogens is 449 g/mol. The van der Waals surface area contributed by atoms with E-state index in [9.17, 15) is 13.0 Å². The number of sulfonamides is 1. The molecule has 0 aliphatic rings. The molecule has 142 valence electrons. The minimum atomic E-state index is -3.76. The summed E-state index contributed by atoms with van der Waals surface area (Å²) >= 11 is 3.29. The molecule has 1 heterocycles. The van der Waals surface area contributed by atoms with Gasteiger partial charge in [0.1, 0.15) is 12.1 Å². The van der Waals surface area contributed by atoms with Crippen LogP contribution in [0.1, 0.15) is 0 Å². The van der Waals surface area contributed by atoms with E-state index in [2.05, 4.69) is 36.5 Å². The van der Waals surface area contributed by atoms with Crippen molar-refractivity contribution in [1.82, 2.24) is 9.97 Å². The van der Waals surface area contributed by atoms with Crippen LogP contribution in [0.2, 0.25) is 0 Å². The van der Waals surface area contributed by atoms with E-state index < -0.39 is 17.6 Å². The number of aromatic nitrogens is 2. The van der Waals surface area contributed by atoms with E-state index in [1.807, 2.05) is 0 Å². The highest BCUT2D eigenvalue weighted by molar-refractivity contribution is 9.10. The molecule has 1 aromatic carbocycles. The summed E-state index contributed by atoms with van der Waals surface area (Å²) in [6.07, 6.45) is 1.42. The first-order valence-corrected chi connectivity index (χ1v) is 11.1. The van der Waals surface area contributed by atoms with Gasteiger partial charge >= 0.3 is 7.60 Å². The number of nitrogens with two attached hydrogens (primary N) is 1. The Morgan fingerprint density at radius 2 is 1.85 bits per heavy atom. The highest BCUT2D eigenvalue weighted by atomic mass is 79.9. The van der Waals surface area contributed by atoms with Crippen LogP contribution in [-0.2, 0) is 23.6 Å². The second-order valence-electron chi connectivity index (χ2n) is 4.90. The maximum absolute atomic E-state index is 12.1. The number of rotatable bonds is 8. The normalized spacial score (nSPS) is 12.0. The molecular formula is C13H17BrN5O5PS. The average molecular weight is 466 g/mol. The van der Waals surface area contributed by atoms with Crippen molar-refractivity contribution in [2.24, 2.45) is 5.14 Å². The molecule has 0 radical (unpaired) electrons. The van der Waals surface area contributed by atoms with Crippen molar-refractivity contribution in [1.29, 1.82) is 0 Å². The lowest BCUT2D eigenvalue weighted by atomic mass is 10.3. The van der Waals surface area contributed by atoms with Crippen LogP contribution in [0, 0.1) is 0 Å². The molecule has 0 saturated heterocycles. The van der Waals surface area contributed by atoms with E-state index >= 15 is 0 Å². The van der Waals surface area contributed by atoms with Crippen molar-refractivity contribution >= 4 is 51.0 Å². The molecule has 0 spiro atoms. The van der Waals surface area contributed by atoms with Gasteiger partial charge < -0.3 is 19.7 Å². The second kappa shape index (κ2) is 8.42. The second-order valence-corrected chi connectivity index (χ2v) is 9.58. The third kappa shape index (κ3) is 5.47. The highest BCUT2D eigenvalue weighted by Crippen LogP contribution is 2.45. The van der Waals surface area contributed by atoms with E-state index in [1.54, 1.807) is 0 Å². The quantitative estimate of drug-likeness (QED) is 0.500. The number of primary sulfonamides is 1. The maximum atomic E-state index is 12.1. The van der Waals surface area contributed by atoms with E-state index in [0.29, 0.717) is 16.0 Å². The summed E-state index contributed by atoms with van der Waals surface area (Å²) in [5, 5.41) is 10.8. The fourth-order valence-electron chi connectivity index (χ4n) is 1.78. The summed E-state index contributed by atoms with van der Waals surface area (Å²) in [4.78, 5) is 8.36. The molecule has 10 nitrogen and oxygen atoms in total. The Bertz CT molecular complexity index is 917. The number of nitrogens with zero attached hydrogens (tertiary/aromatic N) is 2. The molecule has 0 aliphatic carbocycles. The van der Waals surface area contributed by atoms with Crippen LogP contribution in [0.3, 0.4) is 0 Å². The van der Waals surface area contributed by atoms with Crippen LogP contribution < -0.4 is 15.8 Å². The van der Waals surface area contributed by atoms with Gasteiger partial charge in [-0.2, -0.15) is 4.98 Å². The van der Waals surface area contributed by atoms with Crippen LogP contribution in [-0.4, -0.2) is 38.9 Å². The first-order chi connectivity index (χ1) is 12.2. The predicted octanol–water partition coefficient (Wildman–Crippen LogP) is 2.49. The third-order valence-corrected chi connectivity index (χ3v) is 6.35. The van der Waals surface area contributed by atoms with Crippen molar-refractivity contribution in [3.05, 3.63) is 34.9 Å². The molecule has 0 amide bonds. The zero-order valence-corrected chi connectivity index (χ0v) is 17.1. The van der Waals surface area contributed by atoms with Gasteiger partial charge in [0.2, 0.25) is 16.0 Å². The predicted molar refractivity (Wildman–Crippen MR) is 101 cm³/mol. The Labute approximate surface area is 159 Å². The van der Waals surface area contributed by atoms with Gasteiger partial charge in [0.25, 0.3) is 0 Å². The van der Waals surface area contributed by atoms with E-state index in [-0.39, 0.29) is 17.1 Å². The summed E-state index contributed by atoms with van der Waals surface area (Å²) in [6.45, 7) is 0. The summed E-state index contributed by atoms with van der Waals surface area (Å²) in [5.41, 5.74) is 0.560. The molecule has 0 unspecified atom stereocenters. The van der Waals surface area contributed by atoms with Crippen molar-refractivity contribution in [3.8, 4) is 0 Å². The molecule has 2 aromatic rings. The van der Waals surface area contributed by atoms with Crippen molar-refractivity contribution in [2.75, 3.05) is 31.1 Å². The number of anilines is 3. The van der Waals surface area contributed by atoms with Gasteiger partial charge in [-0.05, 0) is 40.2 Å². The van der Waals surface area contributed by atoms with Gasteiger partial charge in [-0.25, -0.2) is 18.5 Å². The summed E-state index contributed by atoms with van der Waals surface area (Å²) < 4.78 is 44.9.